The van der Waals surface area contributed by atoms with Gasteiger partial charge in [0.1, 0.15) is 12.4 Å². The Bertz CT molecular complexity index is 589. The highest BCUT2D eigenvalue weighted by Crippen LogP contribution is 2.33. The van der Waals surface area contributed by atoms with E-state index in [1.54, 1.807) is 0 Å². The van der Waals surface area contributed by atoms with E-state index in [0.717, 1.165) is 25.8 Å². The van der Waals surface area contributed by atoms with Gasteiger partial charge < -0.3 is 9.84 Å². The third kappa shape index (κ3) is 4.08. The van der Waals surface area contributed by atoms with Crippen LogP contribution in [0.5, 0.6) is 5.75 Å². The van der Waals surface area contributed by atoms with Crippen molar-refractivity contribution in [2.45, 2.75) is 13.0 Å². The van der Waals surface area contributed by atoms with Crippen LogP contribution in [0.1, 0.15) is 11.1 Å². The third-order valence-corrected chi connectivity index (χ3v) is 3.93. The number of aliphatic carboxylic acids is 1. The Morgan fingerprint density at radius 2 is 1.55 bits per heavy atom. The maximum absolute atomic E-state index is 10.6. The van der Waals surface area contributed by atoms with E-state index >= 15 is 0 Å². The number of rotatable bonds is 5. The number of carboxylic acid groups (broad SMARTS) is 1. The van der Waals surface area contributed by atoms with E-state index in [4.69, 9.17) is 9.84 Å². The second-order valence-corrected chi connectivity index (χ2v) is 5.94. The number of halogens is 2. The first-order valence-corrected chi connectivity index (χ1v) is 7.51. The summed E-state index contributed by atoms with van der Waals surface area (Å²) < 4.78 is 7.53. The van der Waals surface area contributed by atoms with E-state index in [1.165, 1.54) is 0 Å². The first kappa shape index (κ1) is 15.1. The van der Waals surface area contributed by atoms with Crippen LogP contribution in [0.15, 0.2) is 51.4 Å². The van der Waals surface area contributed by atoms with Gasteiger partial charge in [0.2, 0.25) is 0 Å². The molecule has 0 aliphatic carbocycles. The number of carboxylic acids is 1. The molecule has 0 aliphatic rings. The lowest BCUT2D eigenvalue weighted by atomic mass is 10.1. The molecule has 2 aromatic rings. The highest BCUT2D eigenvalue weighted by atomic mass is 79.9. The van der Waals surface area contributed by atoms with Crippen LogP contribution in [0.2, 0.25) is 0 Å². The molecule has 3 nitrogen and oxygen atoms in total. The van der Waals surface area contributed by atoms with Gasteiger partial charge in [0.05, 0.1) is 15.4 Å². The smallest absolute Gasteiger partial charge is 0.307 e. The Morgan fingerprint density at radius 3 is 2.10 bits per heavy atom. The van der Waals surface area contributed by atoms with Crippen molar-refractivity contribution in [3.8, 4) is 5.75 Å². The maximum atomic E-state index is 10.6. The van der Waals surface area contributed by atoms with Crippen LogP contribution in [0.3, 0.4) is 0 Å². The predicted molar refractivity (Wildman–Crippen MR) is 84.0 cm³/mol. The molecule has 0 amide bonds. The van der Waals surface area contributed by atoms with Gasteiger partial charge in [0.25, 0.3) is 0 Å². The van der Waals surface area contributed by atoms with E-state index in [0.29, 0.717) is 6.61 Å². The van der Waals surface area contributed by atoms with Gasteiger partial charge >= 0.3 is 5.97 Å². The molecule has 0 aromatic heterocycles. The Labute approximate surface area is 133 Å². The minimum absolute atomic E-state index is 0.0386. The standard InChI is InChI=1S/C15H12Br2O3/c16-12-2-1-3-13(17)15(12)20-9-11-6-4-10(5-7-11)8-14(18)19/h1-7H,8-9H2,(H,18,19). The number of benzene rings is 2. The summed E-state index contributed by atoms with van der Waals surface area (Å²) in [7, 11) is 0. The van der Waals surface area contributed by atoms with Gasteiger partial charge in [-0.15, -0.1) is 0 Å². The first-order chi connectivity index (χ1) is 9.56. The molecule has 2 aromatic carbocycles. The van der Waals surface area contributed by atoms with Crippen molar-refractivity contribution in [1.29, 1.82) is 0 Å². The van der Waals surface area contributed by atoms with Crippen molar-refractivity contribution in [1.82, 2.24) is 0 Å². The summed E-state index contributed by atoms with van der Waals surface area (Å²) in [5.41, 5.74) is 1.77. The fraction of sp³-hybridized carbons (Fsp3) is 0.133. The van der Waals surface area contributed by atoms with Crippen LogP contribution < -0.4 is 4.74 Å². The van der Waals surface area contributed by atoms with Crippen LogP contribution in [0.25, 0.3) is 0 Å². The number of hydrogen-bond donors (Lipinski definition) is 1. The normalized spacial score (nSPS) is 10.3. The molecular weight excluding hydrogens is 388 g/mol. The summed E-state index contributed by atoms with van der Waals surface area (Å²) in [6, 6.07) is 13.1. The molecule has 0 atom stereocenters. The van der Waals surface area contributed by atoms with Crippen molar-refractivity contribution in [3.63, 3.8) is 0 Å². The Balaban J connectivity index is 2.02. The molecule has 0 fully saturated rings. The van der Waals surface area contributed by atoms with Crippen LogP contribution in [0, 0.1) is 0 Å². The molecule has 104 valence electrons. The van der Waals surface area contributed by atoms with E-state index in [2.05, 4.69) is 31.9 Å². The molecule has 5 heteroatoms. The highest BCUT2D eigenvalue weighted by molar-refractivity contribution is 9.11. The number of ether oxygens (including phenoxy) is 1. The molecule has 0 radical (unpaired) electrons. The van der Waals surface area contributed by atoms with Crippen LogP contribution >= 0.6 is 31.9 Å². The van der Waals surface area contributed by atoms with Crippen molar-refractivity contribution < 1.29 is 14.6 Å². The average molecular weight is 400 g/mol. The lowest BCUT2D eigenvalue weighted by Crippen LogP contribution is -2.01. The summed E-state index contributed by atoms with van der Waals surface area (Å²) in [4.78, 5) is 10.6. The van der Waals surface area contributed by atoms with Crippen molar-refractivity contribution in [2.24, 2.45) is 0 Å². The lowest BCUT2D eigenvalue weighted by Gasteiger charge is -2.10. The molecule has 0 aliphatic heterocycles. The van der Waals surface area contributed by atoms with Crippen molar-refractivity contribution in [3.05, 3.63) is 62.5 Å². The van der Waals surface area contributed by atoms with Gasteiger partial charge in [-0.3, -0.25) is 4.79 Å². The van der Waals surface area contributed by atoms with E-state index in [9.17, 15) is 4.79 Å². The average Bonchev–Trinajstić information content (AvgIpc) is 2.39. The fourth-order valence-corrected chi connectivity index (χ4v) is 2.93. The van der Waals surface area contributed by atoms with E-state index in [-0.39, 0.29) is 6.42 Å². The second-order valence-electron chi connectivity index (χ2n) is 4.23. The molecule has 2 rings (SSSR count). The summed E-state index contributed by atoms with van der Waals surface area (Å²) in [5, 5.41) is 8.71. The highest BCUT2D eigenvalue weighted by Gasteiger charge is 2.06. The molecule has 0 saturated carbocycles. The van der Waals surface area contributed by atoms with E-state index < -0.39 is 5.97 Å². The van der Waals surface area contributed by atoms with Crippen molar-refractivity contribution >= 4 is 37.8 Å². The molecule has 0 heterocycles. The van der Waals surface area contributed by atoms with E-state index in [1.807, 2.05) is 42.5 Å². The summed E-state index contributed by atoms with van der Waals surface area (Å²) >= 11 is 6.88. The molecule has 1 N–H and O–H groups in total. The molecule has 20 heavy (non-hydrogen) atoms. The molecular formula is C15H12Br2O3. The molecule has 0 saturated heterocycles. The predicted octanol–water partition coefficient (Wildman–Crippen LogP) is 4.42. The van der Waals surface area contributed by atoms with Crippen LogP contribution in [-0.2, 0) is 17.8 Å². The minimum Gasteiger partial charge on any atom is -0.487 e. The summed E-state index contributed by atoms with van der Waals surface area (Å²) in [5.74, 6) is -0.0757. The second kappa shape index (κ2) is 6.90. The van der Waals surface area contributed by atoms with Gasteiger partial charge in [-0.25, -0.2) is 0 Å². The molecule has 0 bridgehead atoms. The quantitative estimate of drug-likeness (QED) is 0.809. The van der Waals surface area contributed by atoms with Gasteiger partial charge in [0.15, 0.2) is 0 Å². The topological polar surface area (TPSA) is 46.5 Å². The van der Waals surface area contributed by atoms with Crippen molar-refractivity contribution in [2.75, 3.05) is 0 Å². The van der Waals surface area contributed by atoms with Crippen LogP contribution in [-0.4, -0.2) is 11.1 Å². The number of para-hydroxylation sites is 1. The summed E-state index contributed by atoms with van der Waals surface area (Å²) in [6.45, 7) is 0.425. The van der Waals surface area contributed by atoms with Gasteiger partial charge in [-0.2, -0.15) is 0 Å². The zero-order valence-electron chi connectivity index (χ0n) is 10.5. The SMILES string of the molecule is O=C(O)Cc1ccc(COc2c(Br)cccc2Br)cc1. The minimum atomic E-state index is -0.828. The number of hydrogen-bond acceptors (Lipinski definition) is 2. The first-order valence-electron chi connectivity index (χ1n) is 5.92. The monoisotopic (exact) mass is 398 g/mol. The Kier molecular flexibility index (Phi) is 5.20. The van der Waals surface area contributed by atoms with Crippen LogP contribution in [0.4, 0.5) is 0 Å². The largest absolute Gasteiger partial charge is 0.487 e. The van der Waals surface area contributed by atoms with Gasteiger partial charge in [-0.1, -0.05) is 30.3 Å². The molecule has 0 spiro atoms. The Hall–Kier alpha value is -1.33. The van der Waals surface area contributed by atoms with Gasteiger partial charge in [-0.05, 0) is 55.1 Å². The zero-order valence-corrected chi connectivity index (χ0v) is 13.6. The third-order valence-electron chi connectivity index (χ3n) is 2.68. The number of carbonyl (C=O) groups is 1. The molecule has 0 unspecified atom stereocenters. The fourth-order valence-electron chi connectivity index (χ4n) is 1.70. The maximum Gasteiger partial charge on any atom is 0.307 e. The lowest BCUT2D eigenvalue weighted by molar-refractivity contribution is -0.136. The Morgan fingerprint density at radius 1 is 1.00 bits per heavy atom. The van der Waals surface area contributed by atoms with Gasteiger partial charge in [0, 0.05) is 0 Å². The zero-order chi connectivity index (χ0) is 14.5. The summed E-state index contributed by atoms with van der Waals surface area (Å²) in [6.07, 6.45) is 0.0386.